The van der Waals surface area contributed by atoms with E-state index in [-0.39, 0.29) is 5.91 Å². The maximum absolute atomic E-state index is 12.3. The van der Waals surface area contributed by atoms with Gasteiger partial charge in [0.15, 0.2) is 5.96 Å². The van der Waals surface area contributed by atoms with E-state index < -0.39 is 0 Å². The van der Waals surface area contributed by atoms with E-state index in [4.69, 9.17) is 0 Å². The number of hydrogen-bond acceptors (Lipinski definition) is 4. The molecule has 2 rings (SSSR count). The van der Waals surface area contributed by atoms with Crippen molar-refractivity contribution in [3.05, 3.63) is 35.4 Å². The Morgan fingerprint density at radius 3 is 2.78 bits per heavy atom. The molecule has 2 atom stereocenters. The van der Waals surface area contributed by atoms with Crippen molar-refractivity contribution in [1.82, 2.24) is 20.9 Å². The van der Waals surface area contributed by atoms with Crippen molar-refractivity contribution in [2.24, 2.45) is 4.99 Å². The molecule has 0 bridgehead atoms. The summed E-state index contributed by atoms with van der Waals surface area (Å²) in [6.45, 7) is 2.11. The van der Waals surface area contributed by atoms with Gasteiger partial charge in [0.2, 0.25) is 0 Å². The molecule has 1 fully saturated rings. The Morgan fingerprint density at radius 1 is 1.30 bits per heavy atom. The van der Waals surface area contributed by atoms with Crippen LogP contribution in [0, 0.1) is 0 Å². The summed E-state index contributed by atoms with van der Waals surface area (Å²) in [6, 6.07) is 8.22. The SMILES string of the molecule is CN=C(NCc1cccc(C(=O)NCCN(C)C)c1)NC1CCC(SC)C1. The third-order valence-corrected chi connectivity index (χ3v) is 5.87. The molecule has 1 aromatic rings. The van der Waals surface area contributed by atoms with Gasteiger partial charge in [-0.2, -0.15) is 11.8 Å². The highest BCUT2D eigenvalue weighted by Gasteiger charge is 2.24. The van der Waals surface area contributed by atoms with Crippen molar-refractivity contribution in [3.63, 3.8) is 0 Å². The van der Waals surface area contributed by atoms with Crippen molar-refractivity contribution in [2.75, 3.05) is 40.5 Å². The van der Waals surface area contributed by atoms with Crippen LogP contribution in [-0.2, 0) is 6.54 Å². The second-order valence-corrected chi connectivity index (χ2v) is 8.34. The molecule has 6 nitrogen and oxygen atoms in total. The zero-order valence-electron chi connectivity index (χ0n) is 16.9. The van der Waals surface area contributed by atoms with Gasteiger partial charge in [0.25, 0.3) is 5.91 Å². The van der Waals surface area contributed by atoms with Crippen LogP contribution >= 0.6 is 11.8 Å². The van der Waals surface area contributed by atoms with E-state index >= 15 is 0 Å². The third kappa shape index (κ3) is 7.42. The second-order valence-electron chi connectivity index (χ2n) is 7.20. The van der Waals surface area contributed by atoms with Crippen molar-refractivity contribution in [3.8, 4) is 0 Å². The summed E-state index contributed by atoms with van der Waals surface area (Å²) in [5.41, 5.74) is 1.75. The number of likely N-dealkylation sites (N-methyl/N-ethyl adjacent to an activating group) is 1. The zero-order chi connectivity index (χ0) is 19.6. The van der Waals surface area contributed by atoms with Crippen molar-refractivity contribution >= 4 is 23.6 Å². The first-order valence-electron chi connectivity index (χ1n) is 9.53. The number of amides is 1. The average molecular weight is 392 g/mol. The molecule has 2 unspecified atom stereocenters. The molecule has 0 aliphatic heterocycles. The molecule has 0 spiro atoms. The summed E-state index contributed by atoms with van der Waals surface area (Å²) >= 11 is 1.95. The Kier molecular flexibility index (Phi) is 8.94. The van der Waals surface area contributed by atoms with Gasteiger partial charge in [0.05, 0.1) is 0 Å². The summed E-state index contributed by atoms with van der Waals surface area (Å²) in [7, 11) is 5.78. The van der Waals surface area contributed by atoms with Crippen LogP contribution in [0.2, 0.25) is 0 Å². The van der Waals surface area contributed by atoms with Crippen molar-refractivity contribution < 1.29 is 4.79 Å². The van der Waals surface area contributed by atoms with Gasteiger partial charge in [0, 0.05) is 43.5 Å². The van der Waals surface area contributed by atoms with Crippen LogP contribution in [0.4, 0.5) is 0 Å². The molecule has 1 aliphatic rings. The van der Waals surface area contributed by atoms with Crippen molar-refractivity contribution in [2.45, 2.75) is 37.1 Å². The topological polar surface area (TPSA) is 68.8 Å². The Bertz CT molecular complexity index is 635. The molecule has 0 aromatic heterocycles. The molecule has 1 amide bonds. The molecule has 1 saturated carbocycles. The molecule has 27 heavy (non-hydrogen) atoms. The number of nitrogens with zero attached hydrogens (tertiary/aromatic N) is 2. The van der Waals surface area contributed by atoms with E-state index in [2.05, 4.69) is 27.2 Å². The van der Waals surface area contributed by atoms with Crippen LogP contribution in [0.15, 0.2) is 29.3 Å². The van der Waals surface area contributed by atoms with E-state index in [9.17, 15) is 4.79 Å². The van der Waals surface area contributed by atoms with Gasteiger partial charge in [0.1, 0.15) is 0 Å². The van der Waals surface area contributed by atoms with Crippen LogP contribution in [0.5, 0.6) is 0 Å². The van der Waals surface area contributed by atoms with Crippen LogP contribution in [0.1, 0.15) is 35.2 Å². The minimum absolute atomic E-state index is 0.0322. The molecule has 0 heterocycles. The summed E-state index contributed by atoms with van der Waals surface area (Å²) in [4.78, 5) is 18.7. The molecule has 3 N–H and O–H groups in total. The first-order valence-corrected chi connectivity index (χ1v) is 10.8. The normalized spacial score (nSPS) is 20.0. The maximum atomic E-state index is 12.3. The number of benzene rings is 1. The molecule has 0 radical (unpaired) electrons. The van der Waals surface area contributed by atoms with Crippen LogP contribution < -0.4 is 16.0 Å². The predicted molar refractivity (Wildman–Crippen MR) is 116 cm³/mol. The summed E-state index contributed by atoms with van der Waals surface area (Å²) < 4.78 is 0. The molecule has 0 saturated heterocycles. The quantitative estimate of drug-likeness (QED) is 0.467. The first kappa shape index (κ1) is 21.6. The molecule has 7 heteroatoms. The number of rotatable bonds is 8. The fourth-order valence-electron chi connectivity index (χ4n) is 3.18. The van der Waals surface area contributed by atoms with Crippen LogP contribution in [-0.4, -0.2) is 68.5 Å². The Hall–Kier alpha value is -1.73. The molecular formula is C20H33N5OS. The van der Waals surface area contributed by atoms with Gasteiger partial charge in [-0.3, -0.25) is 9.79 Å². The predicted octanol–water partition coefficient (Wildman–Crippen LogP) is 1.93. The van der Waals surface area contributed by atoms with E-state index in [0.717, 1.165) is 23.3 Å². The standard InChI is InChI=1S/C20H33N5OS/c1-21-20(24-17-8-9-18(13-17)27-4)23-14-15-6-5-7-16(12-15)19(26)22-10-11-25(2)3/h5-7,12,17-18H,8-11,13-14H2,1-4H3,(H,22,26)(H2,21,23,24). The maximum Gasteiger partial charge on any atom is 0.251 e. The lowest BCUT2D eigenvalue weighted by Crippen LogP contribution is -2.42. The average Bonchev–Trinajstić information content (AvgIpc) is 3.12. The van der Waals surface area contributed by atoms with E-state index in [0.29, 0.717) is 24.7 Å². The minimum Gasteiger partial charge on any atom is -0.354 e. The zero-order valence-corrected chi connectivity index (χ0v) is 17.7. The van der Waals surface area contributed by atoms with Gasteiger partial charge in [-0.05, 0) is 57.3 Å². The van der Waals surface area contributed by atoms with Gasteiger partial charge in [-0.15, -0.1) is 0 Å². The van der Waals surface area contributed by atoms with Gasteiger partial charge in [-0.25, -0.2) is 0 Å². The lowest BCUT2D eigenvalue weighted by atomic mass is 10.1. The van der Waals surface area contributed by atoms with Gasteiger partial charge < -0.3 is 20.9 Å². The Labute approximate surface area is 167 Å². The Morgan fingerprint density at radius 2 is 2.11 bits per heavy atom. The highest BCUT2D eigenvalue weighted by Crippen LogP contribution is 2.27. The second kappa shape index (κ2) is 11.2. The Balaban J connectivity index is 1.83. The van der Waals surface area contributed by atoms with E-state index in [1.54, 1.807) is 7.05 Å². The summed E-state index contributed by atoms with van der Waals surface area (Å²) in [5, 5.41) is 10.6. The number of aliphatic imine (C=N–C) groups is 1. The van der Waals surface area contributed by atoms with Crippen LogP contribution in [0.3, 0.4) is 0 Å². The number of thioether (sulfide) groups is 1. The third-order valence-electron chi connectivity index (χ3n) is 4.78. The summed E-state index contributed by atoms with van der Waals surface area (Å²) in [5.74, 6) is 0.790. The fraction of sp³-hybridized carbons (Fsp3) is 0.600. The number of carbonyl (C=O) groups excluding carboxylic acids is 1. The highest BCUT2D eigenvalue weighted by molar-refractivity contribution is 7.99. The fourth-order valence-corrected chi connectivity index (χ4v) is 3.97. The number of nitrogens with one attached hydrogen (secondary N) is 3. The lowest BCUT2D eigenvalue weighted by molar-refractivity contribution is 0.0951. The molecular weight excluding hydrogens is 358 g/mol. The van der Waals surface area contributed by atoms with Crippen LogP contribution in [0.25, 0.3) is 0 Å². The number of carbonyl (C=O) groups is 1. The van der Waals surface area contributed by atoms with Crippen molar-refractivity contribution in [1.29, 1.82) is 0 Å². The van der Waals surface area contributed by atoms with Gasteiger partial charge >= 0.3 is 0 Å². The smallest absolute Gasteiger partial charge is 0.251 e. The lowest BCUT2D eigenvalue weighted by Gasteiger charge is -2.17. The first-order chi connectivity index (χ1) is 13.0. The number of hydrogen-bond donors (Lipinski definition) is 3. The molecule has 1 aromatic carbocycles. The van der Waals surface area contributed by atoms with E-state index in [1.165, 1.54) is 19.3 Å². The molecule has 1 aliphatic carbocycles. The largest absolute Gasteiger partial charge is 0.354 e. The monoisotopic (exact) mass is 391 g/mol. The van der Waals surface area contributed by atoms with E-state index in [1.807, 2.05) is 55.0 Å². The number of guanidine groups is 1. The molecule has 150 valence electrons. The van der Waals surface area contributed by atoms with Gasteiger partial charge in [-0.1, -0.05) is 12.1 Å². The highest BCUT2D eigenvalue weighted by atomic mass is 32.2. The minimum atomic E-state index is -0.0322. The summed E-state index contributed by atoms with van der Waals surface area (Å²) in [6.07, 6.45) is 5.82.